The lowest BCUT2D eigenvalue weighted by atomic mass is 9.71. The SMILES string of the molecule is CCNC1CC2(CC(OC)C2)Oc2ccc(F)cc21. The minimum atomic E-state index is -0.204. The van der Waals surface area contributed by atoms with Gasteiger partial charge in [0.25, 0.3) is 0 Å². The summed E-state index contributed by atoms with van der Waals surface area (Å²) in [5, 5.41) is 3.44. The third-order valence-corrected chi connectivity index (χ3v) is 4.23. The van der Waals surface area contributed by atoms with Gasteiger partial charge in [0.15, 0.2) is 0 Å². The molecule has 104 valence electrons. The summed E-state index contributed by atoms with van der Waals surface area (Å²) in [4.78, 5) is 0. The van der Waals surface area contributed by atoms with E-state index < -0.39 is 0 Å². The van der Waals surface area contributed by atoms with E-state index in [4.69, 9.17) is 9.47 Å². The van der Waals surface area contributed by atoms with E-state index in [1.807, 2.05) is 0 Å². The second-order valence-corrected chi connectivity index (χ2v) is 5.55. The fourth-order valence-corrected chi connectivity index (χ4v) is 3.26. The molecule has 0 radical (unpaired) electrons. The summed E-state index contributed by atoms with van der Waals surface area (Å²) < 4.78 is 24.9. The second-order valence-electron chi connectivity index (χ2n) is 5.55. The standard InChI is InChI=1S/C15H20FNO2/c1-3-17-13-9-15(7-11(8-15)18-2)19-14-5-4-10(16)6-12(13)14/h4-6,11,13,17H,3,7-9H2,1-2H3. The topological polar surface area (TPSA) is 30.5 Å². The van der Waals surface area contributed by atoms with Crippen molar-refractivity contribution in [3.8, 4) is 5.75 Å². The molecule has 1 heterocycles. The summed E-state index contributed by atoms with van der Waals surface area (Å²) in [5.74, 6) is 0.609. The molecule has 1 fully saturated rings. The lowest BCUT2D eigenvalue weighted by Gasteiger charge is -2.51. The van der Waals surface area contributed by atoms with Crippen molar-refractivity contribution in [2.45, 2.75) is 43.9 Å². The van der Waals surface area contributed by atoms with E-state index in [0.29, 0.717) is 6.10 Å². The molecular formula is C15H20FNO2. The van der Waals surface area contributed by atoms with Crippen LogP contribution >= 0.6 is 0 Å². The van der Waals surface area contributed by atoms with Crippen molar-refractivity contribution in [1.82, 2.24) is 5.32 Å². The number of nitrogens with one attached hydrogen (secondary N) is 1. The first kappa shape index (κ1) is 12.9. The number of hydrogen-bond acceptors (Lipinski definition) is 3. The van der Waals surface area contributed by atoms with Gasteiger partial charge in [0.2, 0.25) is 0 Å². The van der Waals surface area contributed by atoms with Gasteiger partial charge in [0, 0.05) is 38.0 Å². The lowest BCUT2D eigenvalue weighted by Crippen LogP contribution is -2.56. The zero-order valence-electron chi connectivity index (χ0n) is 11.4. The molecule has 1 atom stereocenters. The van der Waals surface area contributed by atoms with E-state index in [-0.39, 0.29) is 17.5 Å². The minimum absolute atomic E-state index is 0.127. The molecule has 1 saturated carbocycles. The van der Waals surface area contributed by atoms with E-state index in [1.54, 1.807) is 19.2 Å². The summed E-state index contributed by atoms with van der Waals surface area (Å²) in [6.07, 6.45) is 3.02. The van der Waals surface area contributed by atoms with Crippen LogP contribution < -0.4 is 10.1 Å². The van der Waals surface area contributed by atoms with Crippen LogP contribution in [0.1, 0.15) is 37.8 Å². The maximum absolute atomic E-state index is 13.4. The van der Waals surface area contributed by atoms with Crippen LogP contribution in [0.2, 0.25) is 0 Å². The maximum Gasteiger partial charge on any atom is 0.125 e. The maximum atomic E-state index is 13.4. The number of hydrogen-bond donors (Lipinski definition) is 1. The van der Waals surface area contributed by atoms with Gasteiger partial charge in [-0.2, -0.15) is 0 Å². The van der Waals surface area contributed by atoms with Gasteiger partial charge in [-0.15, -0.1) is 0 Å². The molecule has 4 heteroatoms. The van der Waals surface area contributed by atoms with Crippen molar-refractivity contribution in [2.75, 3.05) is 13.7 Å². The molecule has 2 aliphatic rings. The number of benzene rings is 1. The number of halogens is 1. The molecule has 3 rings (SSSR count). The van der Waals surface area contributed by atoms with Crippen molar-refractivity contribution in [1.29, 1.82) is 0 Å². The Labute approximate surface area is 113 Å². The van der Waals surface area contributed by atoms with Crippen molar-refractivity contribution < 1.29 is 13.9 Å². The largest absolute Gasteiger partial charge is 0.487 e. The van der Waals surface area contributed by atoms with Gasteiger partial charge >= 0.3 is 0 Å². The second kappa shape index (κ2) is 4.76. The predicted molar refractivity (Wildman–Crippen MR) is 70.8 cm³/mol. The highest BCUT2D eigenvalue weighted by Crippen LogP contribution is 2.49. The van der Waals surface area contributed by atoms with E-state index >= 15 is 0 Å². The van der Waals surface area contributed by atoms with Gasteiger partial charge in [-0.3, -0.25) is 0 Å². The predicted octanol–water partition coefficient (Wildman–Crippen LogP) is 2.81. The van der Waals surface area contributed by atoms with Crippen LogP contribution in [0.3, 0.4) is 0 Å². The zero-order valence-corrected chi connectivity index (χ0v) is 11.4. The summed E-state index contributed by atoms with van der Waals surface area (Å²) in [6, 6.07) is 4.97. The molecule has 0 saturated heterocycles. The molecule has 1 N–H and O–H groups in total. The van der Waals surface area contributed by atoms with Gasteiger partial charge in [-0.25, -0.2) is 4.39 Å². The highest BCUT2D eigenvalue weighted by Gasteiger charge is 2.51. The average Bonchev–Trinajstić information content (AvgIpc) is 2.36. The Kier molecular flexibility index (Phi) is 3.23. The molecule has 1 aromatic rings. The van der Waals surface area contributed by atoms with Gasteiger partial charge in [0.05, 0.1) is 6.10 Å². The normalized spacial score (nSPS) is 32.6. The van der Waals surface area contributed by atoms with Crippen LogP contribution in [0.5, 0.6) is 5.75 Å². The fraction of sp³-hybridized carbons (Fsp3) is 0.600. The van der Waals surface area contributed by atoms with Crippen LogP contribution in [0, 0.1) is 5.82 Å². The first-order valence-corrected chi connectivity index (χ1v) is 6.90. The lowest BCUT2D eigenvalue weighted by molar-refractivity contribution is -0.126. The third kappa shape index (κ3) is 2.23. The Bertz CT molecular complexity index is 471. The molecule has 0 aromatic heterocycles. The molecule has 1 aliphatic heterocycles. The fourth-order valence-electron chi connectivity index (χ4n) is 3.26. The zero-order chi connectivity index (χ0) is 13.5. The molecule has 0 bridgehead atoms. The van der Waals surface area contributed by atoms with Crippen LogP contribution in [0.25, 0.3) is 0 Å². The summed E-state index contributed by atoms with van der Waals surface area (Å²) in [6.45, 7) is 2.93. The summed E-state index contributed by atoms with van der Waals surface area (Å²) in [7, 11) is 1.74. The van der Waals surface area contributed by atoms with Crippen LogP contribution in [-0.4, -0.2) is 25.4 Å². The van der Waals surface area contributed by atoms with Crippen molar-refractivity contribution in [2.24, 2.45) is 0 Å². The highest BCUT2D eigenvalue weighted by atomic mass is 19.1. The van der Waals surface area contributed by atoms with Crippen molar-refractivity contribution >= 4 is 0 Å². The Morgan fingerprint density at radius 2 is 2.21 bits per heavy atom. The number of ether oxygens (including phenoxy) is 2. The first-order chi connectivity index (χ1) is 9.15. The van der Waals surface area contributed by atoms with E-state index in [9.17, 15) is 4.39 Å². The number of methoxy groups -OCH3 is 1. The van der Waals surface area contributed by atoms with Crippen molar-refractivity contribution in [3.05, 3.63) is 29.6 Å². The molecule has 3 nitrogen and oxygen atoms in total. The van der Waals surface area contributed by atoms with Gasteiger partial charge < -0.3 is 14.8 Å². The van der Waals surface area contributed by atoms with Crippen LogP contribution in [-0.2, 0) is 4.74 Å². The third-order valence-electron chi connectivity index (χ3n) is 4.23. The molecule has 19 heavy (non-hydrogen) atoms. The molecule has 1 unspecified atom stereocenters. The quantitative estimate of drug-likeness (QED) is 0.911. The van der Waals surface area contributed by atoms with Crippen LogP contribution in [0.15, 0.2) is 18.2 Å². The highest BCUT2D eigenvalue weighted by molar-refractivity contribution is 5.40. The Morgan fingerprint density at radius 1 is 1.42 bits per heavy atom. The van der Waals surface area contributed by atoms with Gasteiger partial charge in [-0.1, -0.05) is 6.92 Å². The Balaban J connectivity index is 1.87. The molecule has 1 aliphatic carbocycles. The van der Waals surface area contributed by atoms with E-state index in [1.165, 1.54) is 6.07 Å². The van der Waals surface area contributed by atoms with Gasteiger partial charge in [0.1, 0.15) is 17.2 Å². The molecular weight excluding hydrogens is 245 g/mol. The monoisotopic (exact) mass is 265 g/mol. The Hall–Kier alpha value is -1.13. The van der Waals surface area contributed by atoms with Gasteiger partial charge in [-0.05, 0) is 24.7 Å². The number of fused-ring (bicyclic) bond motifs is 1. The smallest absolute Gasteiger partial charge is 0.125 e. The number of rotatable bonds is 3. The van der Waals surface area contributed by atoms with E-state index in [0.717, 1.165) is 37.1 Å². The van der Waals surface area contributed by atoms with Crippen LogP contribution in [0.4, 0.5) is 4.39 Å². The molecule has 0 amide bonds. The van der Waals surface area contributed by atoms with Crippen molar-refractivity contribution in [3.63, 3.8) is 0 Å². The van der Waals surface area contributed by atoms with E-state index in [2.05, 4.69) is 12.2 Å². The average molecular weight is 265 g/mol. The Morgan fingerprint density at radius 3 is 2.89 bits per heavy atom. The minimum Gasteiger partial charge on any atom is -0.487 e. The molecule has 1 aromatic carbocycles. The summed E-state index contributed by atoms with van der Waals surface area (Å²) >= 11 is 0. The first-order valence-electron chi connectivity index (χ1n) is 6.90. The summed E-state index contributed by atoms with van der Waals surface area (Å²) in [5.41, 5.74) is 0.812. The molecule has 1 spiro atoms.